The number of carboxylic acid groups (broad SMARTS) is 1. The molecule has 6 atom stereocenters. The van der Waals surface area contributed by atoms with Gasteiger partial charge < -0.3 is 39.0 Å². The number of hydrogen-bond donors (Lipinski definition) is 3. The molecule has 0 amide bonds. The molecule has 0 aromatic rings. The first kappa shape index (κ1) is 76.0. The number of ether oxygens (including phenoxy) is 5. The molecule has 81 heavy (non-hydrogen) atoms. The Morgan fingerprint density at radius 3 is 1.15 bits per heavy atom. The molecule has 12 heteroatoms. The number of hydrogen-bond acceptors (Lipinski definition) is 11. The maximum Gasteiger partial charge on any atom is 0.335 e. The van der Waals surface area contributed by atoms with Gasteiger partial charge in [-0.1, -0.05) is 288 Å². The van der Waals surface area contributed by atoms with Crippen LogP contribution in [0.25, 0.3) is 0 Å². The molecule has 1 saturated heterocycles. The normalized spacial score (nSPS) is 17.9. The van der Waals surface area contributed by atoms with Gasteiger partial charge in [0.05, 0.1) is 6.61 Å². The van der Waals surface area contributed by atoms with Crippen LogP contribution in [-0.2, 0) is 42.9 Å². The van der Waals surface area contributed by atoms with Gasteiger partial charge in [0.2, 0.25) is 0 Å². The minimum absolute atomic E-state index is 0.0658. The van der Waals surface area contributed by atoms with Crippen LogP contribution in [0.2, 0.25) is 0 Å². The van der Waals surface area contributed by atoms with Crippen molar-refractivity contribution >= 4 is 23.9 Å². The van der Waals surface area contributed by atoms with Gasteiger partial charge in [-0.25, -0.2) is 4.79 Å². The van der Waals surface area contributed by atoms with E-state index in [1.54, 1.807) is 0 Å². The van der Waals surface area contributed by atoms with Crippen molar-refractivity contribution in [1.29, 1.82) is 0 Å². The quantitative estimate of drug-likeness (QED) is 0.0228. The molecule has 0 aromatic carbocycles. The van der Waals surface area contributed by atoms with Gasteiger partial charge in [-0.15, -0.1) is 0 Å². The fourth-order valence-electron chi connectivity index (χ4n) is 10.5. The zero-order valence-corrected chi connectivity index (χ0v) is 52.3. The van der Waals surface area contributed by atoms with E-state index in [9.17, 15) is 34.5 Å². The number of carbonyl (C=O) groups is 4. The Kier molecular flexibility index (Phi) is 53.8. The first-order chi connectivity index (χ1) is 39.6. The standard InChI is InChI=1S/C69H124O12/c1-4-7-10-13-16-19-22-25-28-30-31-33-35-37-40-43-46-49-52-55-61(70)77-58-60(79-62(71)56-53-50-47-44-41-38-34-27-24-21-18-15-12-9-6-3)59-78-69-67(65(74)64(73)66(81-69)68(75)76)80-63(72)57-54-51-48-45-42-39-36-32-29-26-23-20-17-14-11-8-5-2/h16,19,25,28,31,33,60,64-67,69,73-74H,4-15,17-18,20-24,26-27,29-30,32,34-59H2,1-3H3,(H,75,76)/b19-16-,28-25-,33-31-. The van der Waals surface area contributed by atoms with Crippen molar-refractivity contribution < 1.29 is 58.2 Å². The predicted molar refractivity (Wildman–Crippen MR) is 331 cm³/mol. The lowest BCUT2D eigenvalue weighted by Crippen LogP contribution is -2.61. The van der Waals surface area contributed by atoms with Crippen molar-refractivity contribution in [2.45, 2.75) is 366 Å². The van der Waals surface area contributed by atoms with Gasteiger partial charge in [0.25, 0.3) is 0 Å². The van der Waals surface area contributed by atoms with Crippen LogP contribution < -0.4 is 0 Å². The van der Waals surface area contributed by atoms with Crippen LogP contribution in [0.3, 0.4) is 0 Å². The Morgan fingerprint density at radius 1 is 0.407 bits per heavy atom. The third-order valence-electron chi connectivity index (χ3n) is 15.7. The van der Waals surface area contributed by atoms with E-state index < -0.39 is 67.3 Å². The van der Waals surface area contributed by atoms with E-state index in [1.807, 2.05) is 0 Å². The maximum atomic E-state index is 13.2. The minimum atomic E-state index is -1.90. The molecule has 0 spiro atoms. The molecule has 3 N–H and O–H groups in total. The van der Waals surface area contributed by atoms with Crippen molar-refractivity contribution in [2.24, 2.45) is 0 Å². The highest BCUT2D eigenvalue weighted by Crippen LogP contribution is 2.27. The van der Waals surface area contributed by atoms with Crippen molar-refractivity contribution in [3.8, 4) is 0 Å². The van der Waals surface area contributed by atoms with Crippen LogP contribution in [-0.4, -0.2) is 89.2 Å². The van der Waals surface area contributed by atoms with Crippen LogP contribution in [0.1, 0.15) is 329 Å². The fraction of sp³-hybridized carbons (Fsp3) is 0.855. The highest BCUT2D eigenvalue weighted by Gasteiger charge is 2.50. The number of carboxylic acids is 1. The lowest BCUT2D eigenvalue weighted by molar-refractivity contribution is -0.301. The number of allylic oxidation sites excluding steroid dienone is 6. The van der Waals surface area contributed by atoms with E-state index in [0.717, 1.165) is 89.9 Å². The molecule has 0 aromatic heterocycles. The summed E-state index contributed by atoms with van der Waals surface area (Å²) >= 11 is 0. The van der Waals surface area contributed by atoms with Crippen LogP contribution in [0.5, 0.6) is 0 Å². The van der Waals surface area contributed by atoms with Gasteiger partial charge >= 0.3 is 23.9 Å². The summed E-state index contributed by atoms with van der Waals surface area (Å²) in [6.07, 6.45) is 56.7. The van der Waals surface area contributed by atoms with E-state index >= 15 is 0 Å². The largest absolute Gasteiger partial charge is 0.479 e. The first-order valence-electron chi connectivity index (χ1n) is 34.0. The summed E-state index contributed by atoms with van der Waals surface area (Å²) in [6, 6.07) is 0. The number of carbonyl (C=O) groups excluding carboxylic acids is 3. The molecule has 0 saturated carbocycles. The third kappa shape index (κ3) is 46.9. The van der Waals surface area contributed by atoms with Crippen molar-refractivity contribution in [1.82, 2.24) is 0 Å². The van der Waals surface area contributed by atoms with Crippen molar-refractivity contribution in [2.75, 3.05) is 13.2 Å². The maximum absolute atomic E-state index is 13.2. The van der Waals surface area contributed by atoms with E-state index in [-0.39, 0.29) is 25.9 Å². The summed E-state index contributed by atoms with van der Waals surface area (Å²) in [5.41, 5.74) is 0. The van der Waals surface area contributed by atoms with Crippen molar-refractivity contribution in [3.63, 3.8) is 0 Å². The zero-order valence-electron chi connectivity index (χ0n) is 52.3. The Labute approximate surface area is 495 Å². The molecule has 6 unspecified atom stereocenters. The Morgan fingerprint density at radius 2 is 0.741 bits per heavy atom. The molecule has 1 heterocycles. The van der Waals surface area contributed by atoms with E-state index in [2.05, 4.69) is 57.2 Å². The molecule has 0 radical (unpaired) electrons. The third-order valence-corrected chi connectivity index (χ3v) is 15.7. The average molecular weight is 1150 g/mol. The lowest BCUT2D eigenvalue weighted by Gasteiger charge is -2.40. The minimum Gasteiger partial charge on any atom is -0.479 e. The Hall–Kier alpha value is -3.06. The fourth-order valence-corrected chi connectivity index (χ4v) is 10.5. The molecule has 0 aliphatic carbocycles. The highest BCUT2D eigenvalue weighted by molar-refractivity contribution is 5.74. The second-order valence-electron chi connectivity index (χ2n) is 23.5. The van der Waals surface area contributed by atoms with Crippen LogP contribution in [0, 0.1) is 0 Å². The van der Waals surface area contributed by atoms with Crippen molar-refractivity contribution in [3.05, 3.63) is 36.5 Å². The second kappa shape index (κ2) is 57.4. The number of aliphatic carboxylic acids is 1. The number of aliphatic hydroxyl groups is 2. The number of aliphatic hydroxyl groups excluding tert-OH is 2. The SMILES string of the molecule is CCCCC/C=C\C/C=C\C/C=C\CCCCCCCCC(=O)OCC(COC1OC(C(=O)O)C(O)C(O)C1OC(=O)CCCCCCCCCCCCCCCCCCC)OC(=O)CCCCCCCCCCCCCCCCC. The Balaban J connectivity index is 2.63. The molecule has 0 bridgehead atoms. The van der Waals surface area contributed by atoms with Crippen LogP contribution >= 0.6 is 0 Å². The lowest BCUT2D eigenvalue weighted by atomic mass is 9.98. The highest BCUT2D eigenvalue weighted by atomic mass is 16.7. The summed E-state index contributed by atoms with van der Waals surface area (Å²) in [5, 5.41) is 31.6. The molecule has 1 aliphatic heterocycles. The number of esters is 3. The molecule has 472 valence electrons. The van der Waals surface area contributed by atoms with E-state index in [4.69, 9.17) is 23.7 Å². The number of rotatable bonds is 59. The second-order valence-corrected chi connectivity index (χ2v) is 23.5. The predicted octanol–water partition coefficient (Wildman–Crippen LogP) is 18.4. The molecule has 1 rings (SSSR count). The molecular weight excluding hydrogens is 1020 g/mol. The van der Waals surface area contributed by atoms with Gasteiger partial charge in [0.15, 0.2) is 24.6 Å². The summed E-state index contributed by atoms with van der Waals surface area (Å²) in [4.78, 5) is 51.4. The number of unbranched alkanes of at least 4 members (excludes halogenated alkanes) is 39. The molecular formula is C69H124O12. The molecule has 1 aliphatic rings. The Bertz CT molecular complexity index is 1550. The summed E-state index contributed by atoms with van der Waals surface area (Å²) in [6.45, 7) is 6.02. The van der Waals surface area contributed by atoms with Gasteiger partial charge in [-0.05, 0) is 57.8 Å². The zero-order chi connectivity index (χ0) is 58.9. The van der Waals surface area contributed by atoms with Crippen LogP contribution in [0.15, 0.2) is 36.5 Å². The van der Waals surface area contributed by atoms with E-state index in [0.29, 0.717) is 19.3 Å². The smallest absolute Gasteiger partial charge is 0.335 e. The van der Waals surface area contributed by atoms with Gasteiger partial charge in [-0.3, -0.25) is 14.4 Å². The summed E-state index contributed by atoms with van der Waals surface area (Å²) in [7, 11) is 0. The van der Waals surface area contributed by atoms with Crippen LogP contribution in [0.4, 0.5) is 0 Å². The molecule has 1 fully saturated rings. The van der Waals surface area contributed by atoms with E-state index in [1.165, 1.54) is 180 Å². The average Bonchev–Trinajstić information content (AvgIpc) is 3.53. The summed E-state index contributed by atoms with van der Waals surface area (Å²) in [5.74, 6) is -3.09. The molecule has 12 nitrogen and oxygen atoms in total. The van der Waals surface area contributed by atoms with Gasteiger partial charge in [0.1, 0.15) is 18.8 Å². The summed E-state index contributed by atoms with van der Waals surface area (Å²) < 4.78 is 28.6. The van der Waals surface area contributed by atoms with Gasteiger partial charge in [0, 0.05) is 19.3 Å². The monoisotopic (exact) mass is 1140 g/mol. The first-order valence-corrected chi connectivity index (χ1v) is 34.0. The van der Waals surface area contributed by atoms with Gasteiger partial charge in [-0.2, -0.15) is 0 Å². The topological polar surface area (TPSA) is 175 Å².